The summed E-state index contributed by atoms with van der Waals surface area (Å²) in [6.07, 6.45) is 4.12. The first kappa shape index (κ1) is 23.4. The molecule has 1 aliphatic heterocycles. The van der Waals surface area contributed by atoms with E-state index >= 15 is 0 Å². The summed E-state index contributed by atoms with van der Waals surface area (Å²) in [5.74, 6) is 1.73. The fourth-order valence-electron chi connectivity index (χ4n) is 3.36. The molecule has 2 aromatic rings. The van der Waals surface area contributed by atoms with Crippen LogP contribution < -0.4 is 15.4 Å². The highest BCUT2D eigenvalue weighted by atomic mass is 127. The Bertz CT molecular complexity index is 720. The number of pyridine rings is 1. The first-order valence-electron chi connectivity index (χ1n) is 10.0. The van der Waals surface area contributed by atoms with Crippen LogP contribution in [0.15, 0.2) is 59.7 Å². The van der Waals surface area contributed by atoms with Gasteiger partial charge in [0.05, 0.1) is 12.2 Å². The average molecular weight is 509 g/mol. The van der Waals surface area contributed by atoms with E-state index in [1.807, 2.05) is 49.6 Å². The number of piperidine rings is 1. The Kier molecular flexibility index (Phi) is 10.2. The van der Waals surface area contributed by atoms with Crippen LogP contribution in [0.4, 0.5) is 0 Å². The van der Waals surface area contributed by atoms with E-state index in [2.05, 4.69) is 44.6 Å². The van der Waals surface area contributed by atoms with Gasteiger partial charge in [-0.1, -0.05) is 24.3 Å². The van der Waals surface area contributed by atoms with Crippen molar-refractivity contribution in [3.8, 4) is 5.75 Å². The van der Waals surface area contributed by atoms with Crippen LogP contribution in [-0.4, -0.2) is 54.7 Å². The summed E-state index contributed by atoms with van der Waals surface area (Å²) in [5.41, 5.74) is 1.14. The quantitative estimate of drug-likeness (QED) is 0.341. The molecule has 1 atom stereocenters. The lowest BCUT2D eigenvalue weighted by atomic mass is 10.0. The van der Waals surface area contributed by atoms with E-state index in [-0.39, 0.29) is 30.1 Å². The van der Waals surface area contributed by atoms with Crippen LogP contribution in [0.2, 0.25) is 0 Å². The second kappa shape index (κ2) is 12.6. The van der Waals surface area contributed by atoms with Gasteiger partial charge in [0.2, 0.25) is 0 Å². The number of nitrogens with one attached hydrogen (secondary N) is 2. The number of para-hydroxylation sites is 1. The number of rotatable bonds is 7. The Morgan fingerprint density at radius 2 is 1.90 bits per heavy atom. The number of likely N-dealkylation sites (tertiary alicyclic amines) is 1. The molecular weight excluding hydrogens is 477 g/mol. The van der Waals surface area contributed by atoms with Gasteiger partial charge in [0.25, 0.3) is 0 Å². The highest BCUT2D eigenvalue weighted by molar-refractivity contribution is 14.0. The van der Waals surface area contributed by atoms with Gasteiger partial charge in [0, 0.05) is 38.9 Å². The van der Waals surface area contributed by atoms with Gasteiger partial charge in [-0.05, 0) is 44.0 Å². The molecule has 0 amide bonds. The maximum atomic E-state index is 5.91. The first-order chi connectivity index (χ1) is 13.7. The lowest BCUT2D eigenvalue weighted by molar-refractivity contribution is 0.195. The van der Waals surface area contributed by atoms with Gasteiger partial charge in [0.1, 0.15) is 11.9 Å². The van der Waals surface area contributed by atoms with Crippen LogP contribution in [0.25, 0.3) is 0 Å². The number of benzene rings is 1. The van der Waals surface area contributed by atoms with Crippen LogP contribution in [0.3, 0.4) is 0 Å². The third-order valence-electron chi connectivity index (χ3n) is 4.90. The number of aromatic nitrogens is 1. The Morgan fingerprint density at radius 3 is 2.55 bits per heavy atom. The second-order valence-corrected chi connectivity index (χ2v) is 7.21. The van der Waals surface area contributed by atoms with Gasteiger partial charge in [-0.15, -0.1) is 24.0 Å². The molecule has 158 valence electrons. The molecule has 1 aliphatic rings. The number of ether oxygens (including phenoxy) is 1. The third kappa shape index (κ3) is 8.18. The van der Waals surface area contributed by atoms with Crippen LogP contribution >= 0.6 is 24.0 Å². The normalized spacial score (nSPS) is 16.6. The summed E-state index contributed by atoms with van der Waals surface area (Å²) in [6.45, 7) is 5.82. The maximum Gasteiger partial charge on any atom is 0.191 e. The Labute approximate surface area is 191 Å². The molecule has 0 spiro atoms. The molecule has 1 aromatic heterocycles. The van der Waals surface area contributed by atoms with E-state index in [0.29, 0.717) is 12.6 Å². The molecule has 7 heteroatoms. The number of halogens is 1. The Hall–Kier alpha value is -1.87. The van der Waals surface area contributed by atoms with Crippen LogP contribution in [0.5, 0.6) is 5.75 Å². The zero-order valence-corrected chi connectivity index (χ0v) is 19.6. The van der Waals surface area contributed by atoms with Crippen molar-refractivity contribution in [1.82, 2.24) is 20.5 Å². The number of aliphatic imine (C=N–C) groups is 1. The fraction of sp³-hybridized carbons (Fsp3) is 0.455. The van der Waals surface area contributed by atoms with Crippen molar-refractivity contribution in [2.24, 2.45) is 4.99 Å². The lowest BCUT2D eigenvalue weighted by Gasteiger charge is -2.33. The molecule has 1 saturated heterocycles. The zero-order valence-electron chi connectivity index (χ0n) is 17.3. The Balaban J connectivity index is 0.00000300. The summed E-state index contributed by atoms with van der Waals surface area (Å²) in [6, 6.07) is 16.4. The van der Waals surface area contributed by atoms with Crippen LogP contribution in [0, 0.1) is 0 Å². The molecule has 0 saturated carbocycles. The van der Waals surface area contributed by atoms with Crippen molar-refractivity contribution in [1.29, 1.82) is 0 Å². The number of nitrogens with zero attached hydrogens (tertiary/aromatic N) is 3. The summed E-state index contributed by atoms with van der Waals surface area (Å²) in [4.78, 5) is 11.3. The van der Waals surface area contributed by atoms with Crippen molar-refractivity contribution < 1.29 is 4.74 Å². The molecule has 2 heterocycles. The SMILES string of the molecule is CN=C(NCC(C)Oc1ccccc1)NC1CCN(Cc2ccccn2)CC1.I. The molecular formula is C22H32IN5O. The molecule has 1 aromatic carbocycles. The number of hydrogen-bond acceptors (Lipinski definition) is 4. The van der Waals surface area contributed by atoms with Gasteiger partial charge < -0.3 is 15.4 Å². The molecule has 0 radical (unpaired) electrons. The standard InChI is InChI=1S/C22H31N5O.HI/c1-18(28-21-9-4-3-5-10-21)16-25-22(23-2)26-19-11-14-27(15-12-19)17-20-8-6-7-13-24-20;/h3-10,13,18-19H,11-12,14-17H2,1-2H3,(H2,23,25,26);1H. The van der Waals surface area contributed by atoms with Crippen molar-refractivity contribution in [3.05, 3.63) is 60.4 Å². The minimum atomic E-state index is 0. The highest BCUT2D eigenvalue weighted by Gasteiger charge is 2.20. The average Bonchev–Trinajstić information content (AvgIpc) is 2.74. The fourth-order valence-corrected chi connectivity index (χ4v) is 3.36. The molecule has 6 nitrogen and oxygen atoms in total. The zero-order chi connectivity index (χ0) is 19.6. The van der Waals surface area contributed by atoms with E-state index < -0.39 is 0 Å². The third-order valence-corrected chi connectivity index (χ3v) is 4.90. The van der Waals surface area contributed by atoms with Gasteiger partial charge in [-0.3, -0.25) is 14.9 Å². The van der Waals surface area contributed by atoms with E-state index in [1.54, 1.807) is 0 Å². The highest BCUT2D eigenvalue weighted by Crippen LogP contribution is 2.13. The maximum absolute atomic E-state index is 5.91. The minimum absolute atomic E-state index is 0. The monoisotopic (exact) mass is 509 g/mol. The molecule has 29 heavy (non-hydrogen) atoms. The molecule has 0 aliphatic carbocycles. The van der Waals surface area contributed by atoms with Crippen molar-refractivity contribution in [2.45, 2.75) is 38.5 Å². The van der Waals surface area contributed by atoms with E-state index in [1.165, 1.54) is 0 Å². The van der Waals surface area contributed by atoms with Crippen LogP contribution in [0.1, 0.15) is 25.5 Å². The first-order valence-corrected chi connectivity index (χ1v) is 10.0. The summed E-state index contributed by atoms with van der Waals surface area (Å²) in [7, 11) is 1.81. The predicted octanol–water partition coefficient (Wildman–Crippen LogP) is 3.30. The summed E-state index contributed by atoms with van der Waals surface area (Å²) >= 11 is 0. The molecule has 3 rings (SSSR count). The topological polar surface area (TPSA) is 61.8 Å². The smallest absolute Gasteiger partial charge is 0.191 e. The number of guanidine groups is 1. The number of hydrogen-bond donors (Lipinski definition) is 2. The second-order valence-electron chi connectivity index (χ2n) is 7.21. The van der Waals surface area contributed by atoms with E-state index in [0.717, 1.165) is 49.9 Å². The van der Waals surface area contributed by atoms with Crippen molar-refractivity contribution in [3.63, 3.8) is 0 Å². The molecule has 0 bridgehead atoms. The predicted molar refractivity (Wildman–Crippen MR) is 129 cm³/mol. The summed E-state index contributed by atoms with van der Waals surface area (Å²) in [5, 5.41) is 6.93. The molecule has 1 fully saturated rings. The minimum Gasteiger partial charge on any atom is -0.489 e. The van der Waals surface area contributed by atoms with Crippen molar-refractivity contribution >= 4 is 29.9 Å². The van der Waals surface area contributed by atoms with Crippen molar-refractivity contribution in [2.75, 3.05) is 26.7 Å². The van der Waals surface area contributed by atoms with Gasteiger partial charge in [0.15, 0.2) is 5.96 Å². The largest absolute Gasteiger partial charge is 0.489 e. The van der Waals surface area contributed by atoms with E-state index in [9.17, 15) is 0 Å². The Morgan fingerprint density at radius 1 is 1.17 bits per heavy atom. The van der Waals surface area contributed by atoms with Gasteiger partial charge in [-0.2, -0.15) is 0 Å². The van der Waals surface area contributed by atoms with Gasteiger partial charge in [-0.25, -0.2) is 0 Å². The lowest BCUT2D eigenvalue weighted by Crippen LogP contribution is -2.49. The van der Waals surface area contributed by atoms with Gasteiger partial charge >= 0.3 is 0 Å². The van der Waals surface area contributed by atoms with Crippen LogP contribution in [-0.2, 0) is 6.54 Å². The summed E-state index contributed by atoms with van der Waals surface area (Å²) < 4.78 is 5.91. The molecule has 2 N–H and O–H groups in total. The van der Waals surface area contributed by atoms with E-state index in [4.69, 9.17) is 4.74 Å². The molecule has 1 unspecified atom stereocenters.